The average molecular weight is 278 g/mol. The highest BCUT2D eigenvalue weighted by molar-refractivity contribution is 6.02. The number of nitrogens with two attached hydrogens (primary N) is 1. The number of methoxy groups -OCH3 is 1. The molecule has 1 saturated heterocycles. The predicted molar refractivity (Wildman–Crippen MR) is 79.8 cm³/mol. The first kappa shape index (κ1) is 14.5. The topological polar surface area (TPSA) is 74.3 Å². The second-order valence-corrected chi connectivity index (χ2v) is 5.22. The van der Waals surface area contributed by atoms with Crippen LogP contribution >= 0.6 is 0 Å². The van der Waals surface area contributed by atoms with Gasteiger partial charge in [-0.25, -0.2) is 0 Å². The molecular formula is C14H22N4O2. The summed E-state index contributed by atoms with van der Waals surface area (Å²) in [5.41, 5.74) is 7.45. The molecular weight excluding hydrogens is 256 g/mol. The van der Waals surface area contributed by atoms with E-state index in [9.17, 15) is 0 Å². The maximum absolute atomic E-state index is 8.93. The standard InChI is InChI=1S/C14H22N4O2/c1-17(2)10-6-7-18(9-10)13-8-11(20-3)4-5-12(13)14(15)16-19/h4-5,8,10,19H,6-7,9H2,1-3H3,(H2,15,16). The van der Waals surface area contributed by atoms with E-state index in [0.717, 1.165) is 36.5 Å². The molecule has 3 N–H and O–H groups in total. The fourth-order valence-corrected chi connectivity index (χ4v) is 2.55. The van der Waals surface area contributed by atoms with Gasteiger partial charge < -0.3 is 25.5 Å². The molecule has 0 aliphatic carbocycles. The van der Waals surface area contributed by atoms with E-state index in [1.54, 1.807) is 7.11 Å². The molecule has 1 unspecified atom stereocenters. The Kier molecular flexibility index (Phi) is 4.34. The lowest BCUT2D eigenvalue weighted by Gasteiger charge is -2.24. The van der Waals surface area contributed by atoms with Crippen LogP contribution in [-0.4, -0.2) is 56.3 Å². The Balaban J connectivity index is 2.34. The summed E-state index contributed by atoms with van der Waals surface area (Å²) in [6.07, 6.45) is 1.10. The van der Waals surface area contributed by atoms with Gasteiger partial charge in [-0.15, -0.1) is 0 Å². The Morgan fingerprint density at radius 1 is 1.50 bits per heavy atom. The van der Waals surface area contributed by atoms with Gasteiger partial charge in [0.1, 0.15) is 5.75 Å². The molecule has 1 aromatic carbocycles. The van der Waals surface area contributed by atoms with E-state index in [2.05, 4.69) is 29.1 Å². The zero-order valence-corrected chi connectivity index (χ0v) is 12.2. The molecule has 2 rings (SSSR count). The highest BCUT2D eigenvalue weighted by atomic mass is 16.5. The quantitative estimate of drug-likeness (QED) is 0.371. The molecule has 110 valence electrons. The van der Waals surface area contributed by atoms with Crippen LogP contribution in [0.4, 0.5) is 5.69 Å². The fraction of sp³-hybridized carbons (Fsp3) is 0.500. The van der Waals surface area contributed by atoms with Crippen molar-refractivity contribution in [2.24, 2.45) is 10.9 Å². The zero-order chi connectivity index (χ0) is 14.7. The second-order valence-electron chi connectivity index (χ2n) is 5.22. The molecule has 20 heavy (non-hydrogen) atoms. The van der Waals surface area contributed by atoms with Crippen LogP contribution in [0.3, 0.4) is 0 Å². The van der Waals surface area contributed by atoms with Crippen molar-refractivity contribution in [1.29, 1.82) is 0 Å². The molecule has 0 spiro atoms. The minimum absolute atomic E-state index is 0.121. The first-order valence-electron chi connectivity index (χ1n) is 6.64. The molecule has 0 saturated carbocycles. The SMILES string of the molecule is COc1ccc(/C(N)=N/O)c(N2CCC(N(C)C)C2)c1. The van der Waals surface area contributed by atoms with Crippen LogP contribution in [0.15, 0.2) is 23.4 Å². The molecule has 1 heterocycles. The molecule has 0 amide bonds. The molecule has 1 aliphatic heterocycles. The average Bonchev–Trinajstić information content (AvgIpc) is 2.95. The largest absolute Gasteiger partial charge is 0.497 e. The molecule has 1 fully saturated rings. The van der Waals surface area contributed by atoms with Crippen molar-refractivity contribution < 1.29 is 9.94 Å². The number of benzene rings is 1. The number of amidine groups is 1. The number of ether oxygens (including phenoxy) is 1. The van der Waals surface area contributed by atoms with Gasteiger partial charge in [0.2, 0.25) is 0 Å². The van der Waals surface area contributed by atoms with Crippen LogP contribution < -0.4 is 15.4 Å². The van der Waals surface area contributed by atoms with Gasteiger partial charge in [-0.3, -0.25) is 0 Å². The molecule has 0 aromatic heterocycles. The lowest BCUT2D eigenvalue weighted by Crippen LogP contribution is -2.32. The molecule has 1 aromatic rings. The van der Waals surface area contributed by atoms with Crippen molar-refractivity contribution >= 4 is 11.5 Å². The van der Waals surface area contributed by atoms with E-state index < -0.39 is 0 Å². The lowest BCUT2D eigenvalue weighted by atomic mass is 10.1. The summed E-state index contributed by atoms with van der Waals surface area (Å²) in [4.78, 5) is 4.48. The van der Waals surface area contributed by atoms with Crippen LogP contribution in [0, 0.1) is 0 Å². The molecule has 6 nitrogen and oxygen atoms in total. The zero-order valence-electron chi connectivity index (χ0n) is 12.2. The normalized spacial score (nSPS) is 19.7. The van der Waals surface area contributed by atoms with Gasteiger partial charge in [-0.2, -0.15) is 0 Å². The first-order valence-corrected chi connectivity index (χ1v) is 6.64. The lowest BCUT2D eigenvalue weighted by molar-refractivity contribution is 0.315. The number of rotatable bonds is 4. The Hall–Kier alpha value is -1.95. The van der Waals surface area contributed by atoms with Gasteiger partial charge in [-0.05, 0) is 32.6 Å². The van der Waals surface area contributed by atoms with E-state index in [1.807, 2.05) is 18.2 Å². The molecule has 6 heteroatoms. The minimum atomic E-state index is 0.121. The third-order valence-corrected chi connectivity index (χ3v) is 3.82. The molecule has 0 bridgehead atoms. The van der Waals surface area contributed by atoms with Gasteiger partial charge in [0, 0.05) is 30.8 Å². The van der Waals surface area contributed by atoms with E-state index in [-0.39, 0.29) is 5.84 Å². The summed E-state index contributed by atoms with van der Waals surface area (Å²) in [5, 5.41) is 12.0. The third-order valence-electron chi connectivity index (χ3n) is 3.82. The van der Waals surface area contributed by atoms with E-state index >= 15 is 0 Å². The smallest absolute Gasteiger partial charge is 0.172 e. The van der Waals surface area contributed by atoms with Gasteiger partial charge in [0.15, 0.2) is 5.84 Å². The highest BCUT2D eigenvalue weighted by Crippen LogP contribution is 2.29. The second kappa shape index (κ2) is 6.00. The first-order chi connectivity index (χ1) is 9.56. The van der Waals surface area contributed by atoms with Crippen molar-refractivity contribution in [3.8, 4) is 5.75 Å². The summed E-state index contributed by atoms with van der Waals surface area (Å²) in [6, 6.07) is 6.09. The maximum atomic E-state index is 8.93. The number of oxime groups is 1. The van der Waals surface area contributed by atoms with E-state index in [0.29, 0.717) is 6.04 Å². The number of likely N-dealkylation sites (N-methyl/N-ethyl adjacent to an activating group) is 1. The summed E-state index contributed by atoms with van der Waals surface area (Å²) in [5.74, 6) is 0.888. The number of hydrogen-bond acceptors (Lipinski definition) is 5. The Morgan fingerprint density at radius 3 is 2.80 bits per heavy atom. The van der Waals surface area contributed by atoms with Gasteiger partial charge in [0.25, 0.3) is 0 Å². The summed E-state index contributed by atoms with van der Waals surface area (Å²) in [6.45, 7) is 1.87. The van der Waals surface area contributed by atoms with Crippen LogP contribution in [0.2, 0.25) is 0 Å². The van der Waals surface area contributed by atoms with Crippen LogP contribution in [0.5, 0.6) is 5.75 Å². The van der Waals surface area contributed by atoms with Crippen molar-refractivity contribution in [1.82, 2.24) is 4.90 Å². The van der Waals surface area contributed by atoms with Crippen LogP contribution in [0.25, 0.3) is 0 Å². The Bertz CT molecular complexity index is 502. The van der Waals surface area contributed by atoms with Gasteiger partial charge in [0.05, 0.1) is 12.8 Å². The molecule has 1 aliphatic rings. The van der Waals surface area contributed by atoms with Gasteiger partial charge in [-0.1, -0.05) is 5.16 Å². The van der Waals surface area contributed by atoms with Crippen molar-refractivity contribution in [3.05, 3.63) is 23.8 Å². The Labute approximate surface area is 119 Å². The van der Waals surface area contributed by atoms with Crippen LogP contribution in [0.1, 0.15) is 12.0 Å². The number of hydrogen-bond donors (Lipinski definition) is 2. The summed E-state index contributed by atoms with van der Waals surface area (Å²) >= 11 is 0. The molecule has 0 radical (unpaired) electrons. The summed E-state index contributed by atoms with van der Waals surface area (Å²) < 4.78 is 5.28. The van der Waals surface area contributed by atoms with Gasteiger partial charge >= 0.3 is 0 Å². The Morgan fingerprint density at radius 2 is 2.25 bits per heavy atom. The predicted octanol–water partition coefficient (Wildman–Crippen LogP) is 0.930. The van der Waals surface area contributed by atoms with Crippen molar-refractivity contribution in [3.63, 3.8) is 0 Å². The van der Waals surface area contributed by atoms with Crippen molar-refractivity contribution in [2.75, 3.05) is 39.2 Å². The fourth-order valence-electron chi connectivity index (χ4n) is 2.55. The number of nitrogens with zero attached hydrogens (tertiary/aromatic N) is 3. The van der Waals surface area contributed by atoms with E-state index in [4.69, 9.17) is 15.7 Å². The van der Waals surface area contributed by atoms with Crippen molar-refractivity contribution in [2.45, 2.75) is 12.5 Å². The van der Waals surface area contributed by atoms with Crippen LogP contribution in [-0.2, 0) is 0 Å². The maximum Gasteiger partial charge on any atom is 0.172 e. The minimum Gasteiger partial charge on any atom is -0.497 e. The highest BCUT2D eigenvalue weighted by Gasteiger charge is 2.26. The molecule has 1 atom stereocenters. The number of anilines is 1. The third kappa shape index (κ3) is 2.80. The van der Waals surface area contributed by atoms with E-state index in [1.165, 1.54) is 0 Å². The monoisotopic (exact) mass is 278 g/mol. The summed E-state index contributed by atoms with van der Waals surface area (Å²) in [7, 11) is 5.81.